The SMILES string of the molecule is C=C(C)NN=C(N)N[N+](=O)[O-]. The average Bonchev–Trinajstić information content (AvgIpc) is 1.82. The maximum absolute atomic E-state index is 9.74. The van der Waals surface area contributed by atoms with Crippen molar-refractivity contribution in [3.63, 3.8) is 0 Å². The van der Waals surface area contributed by atoms with E-state index in [9.17, 15) is 10.1 Å². The van der Waals surface area contributed by atoms with Gasteiger partial charge in [0.05, 0.1) is 0 Å². The molecule has 0 aromatic rings. The highest BCUT2D eigenvalue weighted by molar-refractivity contribution is 5.76. The molecule has 11 heavy (non-hydrogen) atoms. The Bertz CT molecular complexity index is 199. The summed E-state index contributed by atoms with van der Waals surface area (Å²) in [6.45, 7) is 5.08. The van der Waals surface area contributed by atoms with Gasteiger partial charge in [-0.1, -0.05) is 12.0 Å². The number of nitrogens with one attached hydrogen (secondary N) is 2. The summed E-state index contributed by atoms with van der Waals surface area (Å²) >= 11 is 0. The highest BCUT2D eigenvalue weighted by Crippen LogP contribution is 1.75. The first kappa shape index (κ1) is 9.21. The summed E-state index contributed by atoms with van der Waals surface area (Å²) in [5.74, 6) is -0.321. The predicted molar refractivity (Wildman–Crippen MR) is 39.7 cm³/mol. The molecule has 0 aliphatic rings. The molecule has 0 saturated heterocycles. The summed E-state index contributed by atoms with van der Waals surface area (Å²) in [6, 6.07) is 0. The highest BCUT2D eigenvalue weighted by atomic mass is 16.7. The third-order valence-electron chi connectivity index (χ3n) is 0.573. The van der Waals surface area contributed by atoms with E-state index in [-0.39, 0.29) is 5.96 Å². The average molecular weight is 159 g/mol. The van der Waals surface area contributed by atoms with Gasteiger partial charge in [0.15, 0.2) is 5.03 Å². The van der Waals surface area contributed by atoms with Crippen molar-refractivity contribution in [2.75, 3.05) is 0 Å². The van der Waals surface area contributed by atoms with E-state index in [1.165, 1.54) is 0 Å². The van der Waals surface area contributed by atoms with Gasteiger partial charge in [-0.25, -0.2) is 10.1 Å². The molecular formula is C4H9N5O2. The Morgan fingerprint density at radius 3 is 2.73 bits per heavy atom. The van der Waals surface area contributed by atoms with Gasteiger partial charge in [-0.15, -0.1) is 5.10 Å². The van der Waals surface area contributed by atoms with Gasteiger partial charge < -0.3 is 5.73 Å². The fraction of sp³-hybridized carbons (Fsp3) is 0.250. The Labute approximate surface area is 63.1 Å². The fourth-order valence-electron chi connectivity index (χ4n) is 0.274. The van der Waals surface area contributed by atoms with Crippen molar-refractivity contribution in [3.8, 4) is 0 Å². The van der Waals surface area contributed by atoms with Crippen LogP contribution in [0, 0.1) is 10.1 Å². The third kappa shape index (κ3) is 6.09. The monoisotopic (exact) mass is 159 g/mol. The van der Waals surface area contributed by atoms with Gasteiger partial charge in [-0.2, -0.15) is 0 Å². The number of hydrogen-bond donors (Lipinski definition) is 3. The highest BCUT2D eigenvalue weighted by Gasteiger charge is 1.96. The molecule has 0 saturated carbocycles. The lowest BCUT2D eigenvalue weighted by Crippen LogP contribution is -2.37. The van der Waals surface area contributed by atoms with E-state index in [0.717, 1.165) is 0 Å². The zero-order valence-corrected chi connectivity index (χ0v) is 6.00. The molecule has 7 nitrogen and oxygen atoms in total. The van der Waals surface area contributed by atoms with Crippen molar-refractivity contribution < 1.29 is 5.03 Å². The zero-order chi connectivity index (χ0) is 8.85. The van der Waals surface area contributed by atoms with Gasteiger partial charge in [0, 0.05) is 5.70 Å². The first-order valence-corrected chi connectivity index (χ1v) is 2.68. The second kappa shape index (κ2) is 4.09. The van der Waals surface area contributed by atoms with E-state index >= 15 is 0 Å². The van der Waals surface area contributed by atoms with E-state index in [1.54, 1.807) is 12.3 Å². The van der Waals surface area contributed by atoms with Crippen LogP contribution in [0.2, 0.25) is 0 Å². The topological polar surface area (TPSA) is 106 Å². The lowest BCUT2D eigenvalue weighted by molar-refractivity contribution is -0.525. The number of nitrogens with zero attached hydrogens (tertiary/aromatic N) is 2. The smallest absolute Gasteiger partial charge is 0.273 e. The number of hydrazone groups is 1. The maximum Gasteiger partial charge on any atom is 0.273 e. The molecule has 0 aromatic carbocycles. The van der Waals surface area contributed by atoms with Crippen LogP contribution in [0.4, 0.5) is 0 Å². The lowest BCUT2D eigenvalue weighted by atomic mass is 10.6. The van der Waals surface area contributed by atoms with Crippen molar-refractivity contribution in [2.45, 2.75) is 6.92 Å². The molecule has 0 unspecified atom stereocenters. The van der Waals surface area contributed by atoms with E-state index in [0.29, 0.717) is 5.70 Å². The summed E-state index contributed by atoms with van der Waals surface area (Å²) in [7, 11) is 0. The number of rotatable bonds is 3. The molecule has 0 radical (unpaired) electrons. The first-order valence-electron chi connectivity index (χ1n) is 2.68. The zero-order valence-electron chi connectivity index (χ0n) is 6.00. The number of allylic oxidation sites excluding steroid dienone is 1. The van der Waals surface area contributed by atoms with Crippen molar-refractivity contribution in [1.82, 2.24) is 10.9 Å². The summed E-state index contributed by atoms with van der Waals surface area (Å²) in [5.41, 5.74) is 9.55. The minimum Gasteiger partial charge on any atom is -0.364 e. The van der Waals surface area contributed by atoms with Crippen LogP contribution >= 0.6 is 0 Å². The van der Waals surface area contributed by atoms with E-state index in [1.807, 2.05) is 0 Å². The molecular weight excluding hydrogens is 150 g/mol. The molecule has 7 heteroatoms. The van der Waals surface area contributed by atoms with Crippen molar-refractivity contribution in [3.05, 3.63) is 22.4 Å². The Balaban J connectivity index is 3.81. The van der Waals surface area contributed by atoms with Crippen LogP contribution in [-0.2, 0) is 0 Å². The molecule has 0 fully saturated rings. The second-order valence-electron chi connectivity index (χ2n) is 1.76. The largest absolute Gasteiger partial charge is 0.364 e. The molecule has 62 valence electrons. The number of hydrazine groups is 1. The Morgan fingerprint density at radius 1 is 1.82 bits per heavy atom. The lowest BCUT2D eigenvalue weighted by Gasteiger charge is -1.97. The van der Waals surface area contributed by atoms with Crippen molar-refractivity contribution >= 4 is 5.96 Å². The van der Waals surface area contributed by atoms with E-state index in [4.69, 9.17) is 5.73 Å². The van der Waals surface area contributed by atoms with Crippen LogP contribution < -0.4 is 16.6 Å². The van der Waals surface area contributed by atoms with E-state index in [2.05, 4.69) is 17.1 Å². The van der Waals surface area contributed by atoms with Gasteiger partial charge in [0.25, 0.3) is 5.96 Å². The normalized spacial score (nSPS) is 10.5. The summed E-state index contributed by atoms with van der Waals surface area (Å²) < 4.78 is 0. The molecule has 0 amide bonds. The molecule has 0 aliphatic carbocycles. The predicted octanol–water partition coefficient (Wildman–Crippen LogP) is -0.879. The first-order chi connectivity index (χ1) is 5.02. The molecule has 4 N–H and O–H groups in total. The minimum absolute atomic E-state index is 0.321. The number of guanidine groups is 1. The molecule has 0 aliphatic heterocycles. The van der Waals surface area contributed by atoms with Crippen LogP contribution in [0.25, 0.3) is 0 Å². The van der Waals surface area contributed by atoms with Gasteiger partial charge in [0.1, 0.15) is 0 Å². The van der Waals surface area contributed by atoms with Crippen molar-refractivity contribution in [2.24, 2.45) is 10.8 Å². The number of nitro groups is 1. The molecule has 0 spiro atoms. The van der Waals surface area contributed by atoms with Gasteiger partial charge >= 0.3 is 0 Å². The van der Waals surface area contributed by atoms with Crippen LogP contribution in [0.3, 0.4) is 0 Å². The second-order valence-corrected chi connectivity index (χ2v) is 1.76. The summed E-state index contributed by atoms with van der Waals surface area (Å²) in [6.07, 6.45) is 0. The van der Waals surface area contributed by atoms with Crippen molar-refractivity contribution in [1.29, 1.82) is 0 Å². The molecule has 0 bridgehead atoms. The van der Waals surface area contributed by atoms with Crippen LogP contribution in [0.1, 0.15) is 6.92 Å². The minimum atomic E-state index is -0.807. The Morgan fingerprint density at radius 2 is 2.36 bits per heavy atom. The van der Waals surface area contributed by atoms with Crippen LogP contribution in [0.15, 0.2) is 17.4 Å². The van der Waals surface area contributed by atoms with Gasteiger partial charge in [0.2, 0.25) is 0 Å². The number of nitrogens with two attached hydrogens (primary N) is 1. The van der Waals surface area contributed by atoms with Gasteiger partial charge in [-0.05, 0) is 6.92 Å². The Hall–Kier alpha value is -1.79. The number of hydrogen-bond acceptors (Lipinski definition) is 4. The molecule has 0 atom stereocenters. The van der Waals surface area contributed by atoms with Gasteiger partial charge in [-0.3, -0.25) is 5.43 Å². The third-order valence-corrected chi connectivity index (χ3v) is 0.573. The summed E-state index contributed by atoms with van der Waals surface area (Å²) in [4.78, 5) is 9.74. The quantitative estimate of drug-likeness (QED) is 0.214. The fourth-order valence-corrected chi connectivity index (χ4v) is 0.274. The van der Waals surface area contributed by atoms with E-state index < -0.39 is 5.03 Å². The summed E-state index contributed by atoms with van der Waals surface area (Å²) in [5, 5.41) is 12.3. The van der Waals surface area contributed by atoms with Crippen LogP contribution in [-0.4, -0.2) is 11.0 Å². The molecule has 0 aromatic heterocycles. The standard InChI is InChI=1S/C4H9N5O2/c1-3(2)6-7-4(5)8-9(10)11/h6H,1H2,2H3,(H3,5,7,8). The van der Waals surface area contributed by atoms with Crippen LogP contribution in [0.5, 0.6) is 0 Å². The molecule has 0 rings (SSSR count). The Kier molecular flexibility index (Phi) is 3.43. The maximum atomic E-state index is 9.74. The molecule has 0 heterocycles.